The number of nitrogens with one attached hydrogen (secondary N) is 1. The summed E-state index contributed by atoms with van der Waals surface area (Å²) in [6.45, 7) is 5.98. The minimum atomic E-state index is 0.848. The van der Waals surface area contributed by atoms with Crippen LogP contribution in [0.5, 0.6) is 0 Å². The van der Waals surface area contributed by atoms with Gasteiger partial charge >= 0.3 is 0 Å². The Labute approximate surface area is 122 Å². The number of rotatable bonds is 5. The first-order valence-corrected chi connectivity index (χ1v) is 7.58. The summed E-state index contributed by atoms with van der Waals surface area (Å²) in [6, 6.07) is 2.06. The fourth-order valence-electron chi connectivity index (χ4n) is 2.39. The van der Waals surface area contributed by atoms with Crippen molar-refractivity contribution in [3.63, 3.8) is 0 Å². The lowest BCUT2D eigenvalue weighted by molar-refractivity contribution is 0.633. The third-order valence-corrected chi connectivity index (χ3v) is 4.41. The highest BCUT2D eigenvalue weighted by molar-refractivity contribution is 7.17. The Morgan fingerprint density at radius 2 is 2.20 bits per heavy atom. The molecular weight excluding hydrogens is 270 g/mol. The van der Waals surface area contributed by atoms with E-state index >= 15 is 0 Å². The van der Waals surface area contributed by atoms with Crippen molar-refractivity contribution in [3.8, 4) is 0 Å². The van der Waals surface area contributed by atoms with Gasteiger partial charge in [-0.3, -0.25) is 9.08 Å². The molecule has 0 aliphatic carbocycles. The van der Waals surface area contributed by atoms with Gasteiger partial charge in [-0.25, -0.2) is 4.98 Å². The topological polar surface area (TPSA) is 47.1 Å². The Bertz CT molecular complexity index is 721. The van der Waals surface area contributed by atoms with E-state index in [0.29, 0.717) is 0 Å². The normalized spacial score (nSPS) is 11.6. The molecule has 0 unspecified atom stereocenters. The molecule has 0 aromatic carbocycles. The van der Waals surface area contributed by atoms with Crippen LogP contribution in [0.25, 0.3) is 4.96 Å². The van der Waals surface area contributed by atoms with Gasteiger partial charge < -0.3 is 5.32 Å². The lowest BCUT2D eigenvalue weighted by Gasteiger charge is -2.05. The molecule has 3 rings (SSSR count). The van der Waals surface area contributed by atoms with Gasteiger partial charge in [0, 0.05) is 49.5 Å². The molecule has 1 N–H and O–H groups in total. The largest absolute Gasteiger partial charge is 0.311 e. The van der Waals surface area contributed by atoms with E-state index in [1.54, 1.807) is 11.3 Å². The van der Waals surface area contributed by atoms with Crippen LogP contribution in [0.4, 0.5) is 0 Å². The minimum absolute atomic E-state index is 0.848. The number of nitrogens with zero attached hydrogens (tertiary/aromatic N) is 4. The first-order chi connectivity index (χ1) is 9.65. The molecular formula is C14H19N5S. The van der Waals surface area contributed by atoms with Crippen LogP contribution in [0, 0.1) is 13.8 Å². The average molecular weight is 289 g/mol. The summed E-state index contributed by atoms with van der Waals surface area (Å²) < 4.78 is 4.12. The smallest absolute Gasteiger partial charge is 0.194 e. The maximum atomic E-state index is 4.60. The molecule has 5 nitrogen and oxygen atoms in total. The predicted octanol–water partition coefficient (Wildman–Crippen LogP) is 2.08. The second kappa shape index (κ2) is 5.38. The molecule has 0 atom stereocenters. The molecule has 3 aromatic rings. The van der Waals surface area contributed by atoms with Crippen molar-refractivity contribution in [2.75, 3.05) is 6.54 Å². The van der Waals surface area contributed by atoms with Crippen molar-refractivity contribution >= 4 is 16.3 Å². The summed E-state index contributed by atoms with van der Waals surface area (Å²) in [4.78, 5) is 6.99. The molecule has 106 valence electrons. The molecule has 0 saturated carbocycles. The van der Waals surface area contributed by atoms with Gasteiger partial charge in [-0.05, 0) is 19.9 Å². The van der Waals surface area contributed by atoms with Gasteiger partial charge in [0.15, 0.2) is 4.96 Å². The van der Waals surface area contributed by atoms with Crippen LogP contribution in [0.1, 0.15) is 22.0 Å². The number of imidazole rings is 1. The average Bonchev–Trinajstić information content (AvgIpc) is 3.02. The Morgan fingerprint density at radius 1 is 1.35 bits per heavy atom. The van der Waals surface area contributed by atoms with Gasteiger partial charge in [-0.1, -0.05) is 0 Å². The molecule has 0 radical (unpaired) electrons. The van der Waals surface area contributed by atoms with E-state index in [9.17, 15) is 0 Å². The predicted molar refractivity (Wildman–Crippen MR) is 81.2 cm³/mol. The molecule has 0 saturated heterocycles. The summed E-state index contributed by atoms with van der Waals surface area (Å²) in [7, 11) is 1.98. The summed E-state index contributed by atoms with van der Waals surface area (Å²) in [6.07, 6.45) is 4.99. The van der Waals surface area contributed by atoms with Crippen LogP contribution in [-0.4, -0.2) is 25.7 Å². The molecule has 0 aliphatic heterocycles. The Morgan fingerprint density at radius 3 is 2.95 bits per heavy atom. The fraction of sp³-hybridized carbons (Fsp3) is 0.429. The highest BCUT2D eigenvalue weighted by Crippen LogP contribution is 2.20. The molecule has 6 heteroatoms. The maximum absolute atomic E-state index is 4.60. The first-order valence-electron chi connectivity index (χ1n) is 6.76. The zero-order valence-corrected chi connectivity index (χ0v) is 12.9. The lowest BCUT2D eigenvalue weighted by atomic mass is 10.3. The van der Waals surface area contributed by atoms with E-state index in [0.717, 1.165) is 30.2 Å². The van der Waals surface area contributed by atoms with Crippen LogP contribution >= 0.6 is 11.3 Å². The highest BCUT2D eigenvalue weighted by atomic mass is 32.1. The van der Waals surface area contributed by atoms with Crippen molar-refractivity contribution in [2.24, 2.45) is 7.05 Å². The number of aryl methyl sites for hydroxylation is 3. The van der Waals surface area contributed by atoms with Gasteiger partial charge in [0.25, 0.3) is 0 Å². The fourth-order valence-corrected chi connectivity index (χ4v) is 3.28. The third-order valence-electron chi connectivity index (χ3n) is 3.51. The van der Waals surface area contributed by atoms with Crippen LogP contribution in [0.2, 0.25) is 0 Å². The van der Waals surface area contributed by atoms with Crippen molar-refractivity contribution in [2.45, 2.75) is 26.8 Å². The first kappa shape index (κ1) is 13.3. The van der Waals surface area contributed by atoms with Crippen molar-refractivity contribution in [3.05, 3.63) is 40.4 Å². The number of hydrogen-bond acceptors (Lipinski definition) is 4. The number of fused-ring (bicyclic) bond motifs is 1. The van der Waals surface area contributed by atoms with Crippen LogP contribution in [-0.2, 0) is 20.0 Å². The molecule has 3 heterocycles. The molecule has 3 aromatic heterocycles. The standard InChI is InChI=1S/C14H19N5S/c1-10-9-19-13(11(2)17-14(19)20-10)8-15-6-4-12-5-7-16-18(12)3/h5,7,9,15H,4,6,8H2,1-3H3. The molecule has 0 amide bonds. The summed E-state index contributed by atoms with van der Waals surface area (Å²) >= 11 is 1.74. The van der Waals surface area contributed by atoms with Gasteiger partial charge in [-0.2, -0.15) is 5.10 Å². The zero-order chi connectivity index (χ0) is 14.1. The van der Waals surface area contributed by atoms with E-state index in [-0.39, 0.29) is 0 Å². The van der Waals surface area contributed by atoms with E-state index < -0.39 is 0 Å². The molecule has 0 bridgehead atoms. The Kier molecular flexibility index (Phi) is 3.58. The van der Waals surface area contributed by atoms with Crippen molar-refractivity contribution in [1.82, 2.24) is 24.5 Å². The van der Waals surface area contributed by atoms with E-state index in [1.807, 2.05) is 17.9 Å². The van der Waals surface area contributed by atoms with Gasteiger partial charge in [0.05, 0.1) is 11.4 Å². The Balaban J connectivity index is 1.62. The minimum Gasteiger partial charge on any atom is -0.311 e. The highest BCUT2D eigenvalue weighted by Gasteiger charge is 2.10. The maximum Gasteiger partial charge on any atom is 0.194 e. The van der Waals surface area contributed by atoms with Crippen molar-refractivity contribution in [1.29, 1.82) is 0 Å². The van der Waals surface area contributed by atoms with E-state index in [2.05, 4.69) is 45.9 Å². The zero-order valence-electron chi connectivity index (χ0n) is 12.1. The summed E-state index contributed by atoms with van der Waals surface area (Å²) in [5, 5.41) is 7.68. The second-order valence-corrected chi connectivity index (χ2v) is 6.22. The van der Waals surface area contributed by atoms with Crippen molar-refractivity contribution < 1.29 is 0 Å². The Hall–Kier alpha value is -1.66. The second-order valence-electron chi connectivity index (χ2n) is 5.01. The number of hydrogen-bond donors (Lipinski definition) is 1. The van der Waals surface area contributed by atoms with Crippen LogP contribution < -0.4 is 5.32 Å². The van der Waals surface area contributed by atoms with Crippen LogP contribution in [0.15, 0.2) is 18.5 Å². The molecule has 0 fully saturated rings. The monoisotopic (exact) mass is 289 g/mol. The lowest BCUT2D eigenvalue weighted by Crippen LogP contribution is -2.19. The van der Waals surface area contributed by atoms with Gasteiger partial charge in [-0.15, -0.1) is 11.3 Å². The number of thiazole rings is 1. The SMILES string of the molecule is Cc1cn2c(CNCCc3ccnn3C)c(C)nc2s1. The summed E-state index contributed by atoms with van der Waals surface area (Å²) in [5.41, 5.74) is 3.62. The van der Waals surface area contributed by atoms with E-state index in [4.69, 9.17) is 0 Å². The van der Waals surface area contributed by atoms with Crippen LogP contribution in [0.3, 0.4) is 0 Å². The third kappa shape index (κ3) is 2.48. The quantitative estimate of drug-likeness (QED) is 0.732. The number of aromatic nitrogens is 4. The van der Waals surface area contributed by atoms with Gasteiger partial charge in [0.1, 0.15) is 0 Å². The summed E-state index contributed by atoms with van der Waals surface area (Å²) in [5.74, 6) is 0. The molecule has 20 heavy (non-hydrogen) atoms. The van der Waals surface area contributed by atoms with Gasteiger partial charge in [0.2, 0.25) is 0 Å². The molecule has 0 aliphatic rings. The molecule has 0 spiro atoms. The van der Waals surface area contributed by atoms with E-state index in [1.165, 1.54) is 16.3 Å².